The van der Waals surface area contributed by atoms with Crippen molar-refractivity contribution in [2.45, 2.75) is 31.3 Å². The highest BCUT2D eigenvalue weighted by molar-refractivity contribution is 6.07. The van der Waals surface area contributed by atoms with Gasteiger partial charge in [0.05, 0.1) is 6.10 Å². The van der Waals surface area contributed by atoms with Crippen LogP contribution in [0.25, 0.3) is 0 Å². The molecule has 0 bridgehead atoms. The number of hydrogen-bond acceptors (Lipinski definition) is 3. The number of carbonyl (C=O) groups excluding carboxylic acids is 1. The molecule has 28 heavy (non-hydrogen) atoms. The number of rotatable bonds is 3. The molecular weight excluding hydrogens is 362 g/mol. The van der Waals surface area contributed by atoms with Crippen LogP contribution >= 0.6 is 0 Å². The minimum Gasteiger partial charge on any atom is -0.392 e. The molecule has 0 aliphatic carbocycles. The first-order valence-electron chi connectivity index (χ1n) is 9.66. The summed E-state index contributed by atoms with van der Waals surface area (Å²) in [4.78, 5) is 17.1. The summed E-state index contributed by atoms with van der Waals surface area (Å²) in [5.74, 6) is -2.28. The third-order valence-corrected chi connectivity index (χ3v) is 5.97. The first-order valence-corrected chi connectivity index (χ1v) is 9.66. The first kappa shape index (κ1) is 19.0. The standard InChI is InChI=1S/C22H24F2N2O2/c1-15(27)13-25-10-8-22(9-11-25)14-26(20-5-3-2-4-17(20)22)21(28)16-6-7-18(23)19(24)12-16/h2-7,12,15,27H,8-11,13-14H2,1H3. The Bertz CT molecular complexity index is 892. The van der Waals surface area contributed by atoms with Gasteiger partial charge in [0, 0.05) is 29.8 Å². The molecule has 4 rings (SSSR count). The predicted octanol–water partition coefficient (Wildman–Crippen LogP) is 3.34. The average Bonchev–Trinajstić information content (AvgIpc) is 3.00. The van der Waals surface area contributed by atoms with E-state index in [1.165, 1.54) is 6.07 Å². The summed E-state index contributed by atoms with van der Waals surface area (Å²) in [5, 5.41) is 9.65. The van der Waals surface area contributed by atoms with Crippen LogP contribution in [-0.4, -0.2) is 48.2 Å². The van der Waals surface area contributed by atoms with Gasteiger partial charge in [-0.3, -0.25) is 4.79 Å². The van der Waals surface area contributed by atoms with E-state index in [4.69, 9.17) is 0 Å². The zero-order valence-corrected chi connectivity index (χ0v) is 15.9. The average molecular weight is 386 g/mol. The van der Waals surface area contributed by atoms with Crippen LogP contribution in [0, 0.1) is 11.6 Å². The van der Waals surface area contributed by atoms with E-state index < -0.39 is 11.6 Å². The van der Waals surface area contributed by atoms with Crippen molar-refractivity contribution < 1.29 is 18.7 Å². The second kappa shape index (κ2) is 7.26. The molecule has 2 aromatic carbocycles. The molecule has 2 aliphatic heterocycles. The van der Waals surface area contributed by atoms with Crippen molar-refractivity contribution in [3.05, 3.63) is 65.2 Å². The third-order valence-electron chi connectivity index (χ3n) is 5.97. The van der Waals surface area contributed by atoms with Crippen molar-refractivity contribution in [2.75, 3.05) is 31.1 Å². The van der Waals surface area contributed by atoms with Gasteiger partial charge in [-0.2, -0.15) is 0 Å². The molecule has 148 valence electrons. The fourth-order valence-electron chi connectivity index (χ4n) is 4.56. The summed E-state index contributed by atoms with van der Waals surface area (Å²) in [6.45, 7) is 4.68. The number of carbonyl (C=O) groups is 1. The molecular formula is C22H24F2N2O2. The number of para-hydroxylation sites is 1. The van der Waals surface area contributed by atoms with Crippen molar-refractivity contribution >= 4 is 11.6 Å². The highest BCUT2D eigenvalue weighted by Crippen LogP contribution is 2.47. The number of fused-ring (bicyclic) bond motifs is 2. The highest BCUT2D eigenvalue weighted by atomic mass is 19.2. The van der Waals surface area contributed by atoms with Gasteiger partial charge in [-0.1, -0.05) is 18.2 Å². The maximum Gasteiger partial charge on any atom is 0.258 e. The number of likely N-dealkylation sites (tertiary alicyclic amines) is 1. The third kappa shape index (κ3) is 3.31. The molecule has 2 aromatic rings. The van der Waals surface area contributed by atoms with E-state index in [0.717, 1.165) is 49.3 Å². The van der Waals surface area contributed by atoms with E-state index in [2.05, 4.69) is 11.0 Å². The lowest BCUT2D eigenvalue weighted by molar-refractivity contribution is 0.0904. The fourth-order valence-corrected chi connectivity index (χ4v) is 4.56. The molecule has 2 aliphatic rings. The van der Waals surface area contributed by atoms with Crippen molar-refractivity contribution in [2.24, 2.45) is 0 Å². The molecule has 0 radical (unpaired) electrons. The maximum atomic E-state index is 13.6. The number of hydrogen-bond donors (Lipinski definition) is 1. The monoisotopic (exact) mass is 386 g/mol. The molecule has 4 nitrogen and oxygen atoms in total. The van der Waals surface area contributed by atoms with Gasteiger partial charge in [-0.15, -0.1) is 0 Å². The Kier molecular flexibility index (Phi) is 4.93. The number of aliphatic hydroxyl groups is 1. The quantitative estimate of drug-likeness (QED) is 0.880. The van der Waals surface area contributed by atoms with E-state index in [1.807, 2.05) is 18.2 Å². The summed E-state index contributed by atoms with van der Waals surface area (Å²) in [7, 11) is 0. The van der Waals surface area contributed by atoms with Gasteiger partial charge in [0.25, 0.3) is 5.91 Å². The predicted molar refractivity (Wildman–Crippen MR) is 104 cm³/mol. The number of amides is 1. The first-order chi connectivity index (χ1) is 13.4. The lowest BCUT2D eigenvalue weighted by Gasteiger charge is -2.40. The topological polar surface area (TPSA) is 43.8 Å². The van der Waals surface area contributed by atoms with E-state index >= 15 is 0 Å². The Labute approximate surface area is 163 Å². The molecule has 1 atom stereocenters. The molecule has 1 unspecified atom stereocenters. The number of anilines is 1. The lowest BCUT2D eigenvalue weighted by atomic mass is 9.74. The summed E-state index contributed by atoms with van der Waals surface area (Å²) in [5.41, 5.74) is 2.00. The normalized spacial score (nSPS) is 19.6. The zero-order valence-electron chi connectivity index (χ0n) is 15.9. The Balaban J connectivity index is 1.61. The van der Waals surface area contributed by atoms with Crippen LogP contribution in [0.5, 0.6) is 0 Å². The Morgan fingerprint density at radius 3 is 2.54 bits per heavy atom. The number of piperidine rings is 1. The largest absolute Gasteiger partial charge is 0.392 e. The Morgan fingerprint density at radius 2 is 1.86 bits per heavy atom. The van der Waals surface area contributed by atoms with Crippen LogP contribution in [0.2, 0.25) is 0 Å². The van der Waals surface area contributed by atoms with Crippen LogP contribution in [0.1, 0.15) is 35.7 Å². The van der Waals surface area contributed by atoms with Gasteiger partial charge in [-0.25, -0.2) is 8.78 Å². The number of benzene rings is 2. The van der Waals surface area contributed by atoms with Gasteiger partial charge in [0.2, 0.25) is 0 Å². The summed E-state index contributed by atoms with van der Waals surface area (Å²) >= 11 is 0. The molecule has 0 aromatic heterocycles. The van der Waals surface area contributed by atoms with Crippen LogP contribution in [-0.2, 0) is 5.41 Å². The number of β-amino-alcohol motifs (C(OH)–C–C–N with tert-alkyl or cyclic N) is 1. The molecule has 6 heteroatoms. The summed E-state index contributed by atoms with van der Waals surface area (Å²) < 4.78 is 26.9. The molecule has 0 saturated carbocycles. The highest BCUT2D eigenvalue weighted by Gasteiger charge is 2.46. The number of aliphatic hydroxyl groups excluding tert-OH is 1. The zero-order chi connectivity index (χ0) is 19.9. The minimum atomic E-state index is -1.01. The van der Waals surface area contributed by atoms with Crippen LogP contribution in [0.3, 0.4) is 0 Å². The van der Waals surface area contributed by atoms with Crippen molar-refractivity contribution in [3.8, 4) is 0 Å². The minimum absolute atomic E-state index is 0.139. The molecule has 1 saturated heterocycles. The molecule has 1 spiro atoms. The van der Waals surface area contributed by atoms with Crippen LogP contribution in [0.4, 0.5) is 14.5 Å². The molecule has 1 amide bonds. The molecule has 1 N–H and O–H groups in total. The Hall–Kier alpha value is -2.31. The Morgan fingerprint density at radius 1 is 1.14 bits per heavy atom. The summed E-state index contributed by atoms with van der Waals surface area (Å²) in [6.07, 6.45) is 1.41. The van der Waals surface area contributed by atoms with Gasteiger partial charge in [0.15, 0.2) is 11.6 Å². The second-order valence-corrected chi connectivity index (χ2v) is 7.97. The van der Waals surface area contributed by atoms with E-state index in [9.17, 15) is 18.7 Å². The van der Waals surface area contributed by atoms with Crippen LogP contribution < -0.4 is 4.90 Å². The van der Waals surface area contributed by atoms with E-state index in [-0.39, 0.29) is 23.0 Å². The van der Waals surface area contributed by atoms with Gasteiger partial charge < -0.3 is 14.9 Å². The van der Waals surface area contributed by atoms with Crippen molar-refractivity contribution in [1.82, 2.24) is 4.90 Å². The fraction of sp³-hybridized carbons (Fsp3) is 0.409. The molecule has 2 heterocycles. The SMILES string of the molecule is CC(O)CN1CCC2(CC1)CN(C(=O)c1ccc(F)c(F)c1)c1ccccc12. The second-order valence-electron chi connectivity index (χ2n) is 7.97. The molecule has 1 fully saturated rings. The maximum absolute atomic E-state index is 13.6. The number of nitrogens with zero attached hydrogens (tertiary/aromatic N) is 2. The smallest absolute Gasteiger partial charge is 0.258 e. The number of halogens is 2. The van der Waals surface area contributed by atoms with E-state index in [0.29, 0.717) is 13.1 Å². The van der Waals surface area contributed by atoms with Crippen molar-refractivity contribution in [3.63, 3.8) is 0 Å². The van der Waals surface area contributed by atoms with Gasteiger partial charge >= 0.3 is 0 Å². The van der Waals surface area contributed by atoms with Crippen molar-refractivity contribution in [1.29, 1.82) is 0 Å². The van der Waals surface area contributed by atoms with Gasteiger partial charge in [-0.05, 0) is 62.7 Å². The van der Waals surface area contributed by atoms with Gasteiger partial charge in [0.1, 0.15) is 0 Å². The lowest BCUT2D eigenvalue weighted by Crippen LogP contribution is -2.47. The summed E-state index contributed by atoms with van der Waals surface area (Å²) in [6, 6.07) is 11.2. The van der Waals surface area contributed by atoms with Crippen LogP contribution in [0.15, 0.2) is 42.5 Å². The van der Waals surface area contributed by atoms with E-state index in [1.54, 1.807) is 11.8 Å².